The number of hydrogen-bond donors (Lipinski definition) is 0. The molecule has 0 radical (unpaired) electrons. The van der Waals surface area contributed by atoms with Gasteiger partial charge in [0.25, 0.3) is 5.91 Å². The first kappa shape index (κ1) is 23.5. The first-order valence-corrected chi connectivity index (χ1v) is 11.2. The molecule has 1 aromatic heterocycles. The minimum absolute atomic E-state index is 0.262. The first-order valence-electron chi connectivity index (χ1n) is 11.2. The molecule has 1 fully saturated rings. The Morgan fingerprint density at radius 2 is 1.94 bits per heavy atom. The fourth-order valence-corrected chi connectivity index (χ4v) is 4.31. The summed E-state index contributed by atoms with van der Waals surface area (Å²) in [6, 6.07) is 11.2. The normalized spacial score (nSPS) is 15.8. The molecule has 1 amide bonds. The number of esters is 1. The van der Waals surface area contributed by atoms with Gasteiger partial charge >= 0.3 is 5.97 Å². The van der Waals surface area contributed by atoms with E-state index in [1.807, 2.05) is 0 Å². The number of pyridine rings is 1. The molecular weight excluding hydrogens is 439 g/mol. The molecule has 178 valence electrons. The lowest BCUT2D eigenvalue weighted by Gasteiger charge is -2.32. The summed E-state index contributed by atoms with van der Waals surface area (Å²) in [6.45, 7) is 2.83. The summed E-state index contributed by atoms with van der Waals surface area (Å²) in [6.07, 6.45) is 1.36. The van der Waals surface area contributed by atoms with Crippen LogP contribution < -0.4 is 9.47 Å². The van der Waals surface area contributed by atoms with Crippen LogP contribution in [-0.2, 0) is 9.53 Å². The second-order valence-corrected chi connectivity index (χ2v) is 8.13. The molecule has 0 aliphatic carbocycles. The highest BCUT2D eigenvalue weighted by Crippen LogP contribution is 2.35. The number of carbonyl (C=O) groups excluding carboxylic acids is 2. The van der Waals surface area contributed by atoms with Crippen molar-refractivity contribution in [3.05, 3.63) is 53.8 Å². The minimum Gasteiger partial charge on any atom is -0.497 e. The third-order valence-corrected chi connectivity index (χ3v) is 6.01. The molecule has 1 saturated heterocycles. The average molecular weight is 467 g/mol. The first-order chi connectivity index (χ1) is 16.4. The Labute approximate surface area is 197 Å². The van der Waals surface area contributed by atoms with Crippen LogP contribution in [0.15, 0.2) is 42.5 Å². The number of piperidine rings is 1. The number of aromatic nitrogens is 1. The van der Waals surface area contributed by atoms with Crippen LogP contribution in [0.25, 0.3) is 22.2 Å². The van der Waals surface area contributed by atoms with Gasteiger partial charge in [0.05, 0.1) is 43.5 Å². The van der Waals surface area contributed by atoms with E-state index < -0.39 is 5.82 Å². The maximum atomic E-state index is 14.2. The number of rotatable bonds is 6. The summed E-state index contributed by atoms with van der Waals surface area (Å²) in [5, 5.41) is 0.416. The van der Waals surface area contributed by atoms with Crippen molar-refractivity contribution in [1.29, 1.82) is 0 Å². The van der Waals surface area contributed by atoms with Gasteiger partial charge in [-0.2, -0.15) is 0 Å². The fourth-order valence-electron chi connectivity index (χ4n) is 4.31. The van der Waals surface area contributed by atoms with Gasteiger partial charge < -0.3 is 19.1 Å². The summed E-state index contributed by atoms with van der Waals surface area (Å²) in [7, 11) is 3.11. The minimum atomic E-state index is -0.457. The maximum Gasteiger partial charge on any atom is 0.310 e. The fraction of sp³-hybridized carbons (Fsp3) is 0.346. The van der Waals surface area contributed by atoms with Crippen molar-refractivity contribution in [2.24, 2.45) is 5.92 Å². The highest BCUT2D eigenvalue weighted by Gasteiger charge is 2.31. The van der Waals surface area contributed by atoms with Crippen molar-refractivity contribution in [3.63, 3.8) is 0 Å². The number of amides is 1. The van der Waals surface area contributed by atoms with E-state index in [1.54, 1.807) is 56.4 Å². The third kappa shape index (κ3) is 4.66. The van der Waals surface area contributed by atoms with Crippen LogP contribution in [0.3, 0.4) is 0 Å². The van der Waals surface area contributed by atoms with E-state index in [0.29, 0.717) is 65.2 Å². The summed E-state index contributed by atoms with van der Waals surface area (Å²) in [4.78, 5) is 32.3. The number of carbonyl (C=O) groups is 2. The molecule has 34 heavy (non-hydrogen) atoms. The summed E-state index contributed by atoms with van der Waals surface area (Å²) >= 11 is 0. The van der Waals surface area contributed by atoms with Gasteiger partial charge in [0.2, 0.25) is 0 Å². The maximum absolute atomic E-state index is 14.2. The van der Waals surface area contributed by atoms with E-state index in [0.717, 1.165) is 0 Å². The van der Waals surface area contributed by atoms with Crippen molar-refractivity contribution < 1.29 is 28.2 Å². The molecule has 2 aromatic carbocycles. The zero-order valence-electron chi connectivity index (χ0n) is 19.5. The Kier molecular flexibility index (Phi) is 6.95. The molecule has 1 aliphatic rings. The Bertz CT molecular complexity index is 1230. The number of ether oxygens (including phenoxy) is 3. The molecule has 0 N–H and O–H groups in total. The summed E-state index contributed by atoms with van der Waals surface area (Å²) in [5.74, 6) is -0.245. The second kappa shape index (κ2) is 10.1. The van der Waals surface area contributed by atoms with Gasteiger partial charge in [0.1, 0.15) is 17.3 Å². The van der Waals surface area contributed by atoms with E-state index in [9.17, 15) is 14.0 Å². The van der Waals surface area contributed by atoms with Crippen molar-refractivity contribution in [2.45, 2.75) is 19.8 Å². The molecule has 2 heterocycles. The summed E-state index contributed by atoms with van der Waals surface area (Å²) < 4.78 is 30.1. The van der Waals surface area contributed by atoms with Gasteiger partial charge in [-0.25, -0.2) is 9.37 Å². The largest absolute Gasteiger partial charge is 0.497 e. The van der Waals surface area contributed by atoms with Gasteiger partial charge in [-0.3, -0.25) is 9.59 Å². The van der Waals surface area contributed by atoms with Gasteiger partial charge in [0, 0.05) is 30.1 Å². The topological polar surface area (TPSA) is 78.0 Å². The number of likely N-dealkylation sites (tertiary alicyclic amines) is 1. The highest BCUT2D eigenvalue weighted by atomic mass is 19.1. The molecule has 1 atom stereocenters. The molecule has 0 saturated carbocycles. The molecule has 0 bridgehead atoms. The Morgan fingerprint density at radius 1 is 1.12 bits per heavy atom. The highest BCUT2D eigenvalue weighted by molar-refractivity contribution is 6.07. The van der Waals surface area contributed by atoms with Crippen molar-refractivity contribution in [1.82, 2.24) is 9.88 Å². The van der Waals surface area contributed by atoms with E-state index in [1.165, 1.54) is 12.1 Å². The van der Waals surface area contributed by atoms with E-state index in [4.69, 9.17) is 14.2 Å². The lowest BCUT2D eigenvalue weighted by molar-refractivity contribution is -0.149. The molecule has 1 aliphatic heterocycles. The summed E-state index contributed by atoms with van der Waals surface area (Å²) in [5.41, 5.74) is 1.99. The molecule has 0 spiro atoms. The standard InChI is InChI=1S/C26H27FN2O5/c1-4-34-26(31)16-6-5-11-29(15-16)25(30)21-14-23(28-22-10-7-17(27)12-20(21)22)19-9-8-18(32-2)13-24(19)33-3/h7-10,12-14,16H,4-6,11,15H2,1-3H3. The van der Waals surface area contributed by atoms with Gasteiger partial charge in [0.15, 0.2) is 0 Å². The predicted molar refractivity (Wildman–Crippen MR) is 126 cm³/mol. The van der Waals surface area contributed by atoms with E-state index in [-0.39, 0.29) is 24.3 Å². The monoisotopic (exact) mass is 466 g/mol. The van der Waals surface area contributed by atoms with Crippen molar-refractivity contribution >= 4 is 22.8 Å². The van der Waals surface area contributed by atoms with Crippen LogP contribution in [0.2, 0.25) is 0 Å². The molecule has 8 heteroatoms. The van der Waals surface area contributed by atoms with E-state index in [2.05, 4.69) is 4.98 Å². The van der Waals surface area contributed by atoms with Crippen LogP contribution >= 0.6 is 0 Å². The lowest BCUT2D eigenvalue weighted by atomic mass is 9.96. The SMILES string of the molecule is CCOC(=O)C1CCCN(C(=O)c2cc(-c3ccc(OC)cc3OC)nc3ccc(F)cc23)C1. The Hall–Kier alpha value is -3.68. The molecule has 1 unspecified atom stereocenters. The third-order valence-electron chi connectivity index (χ3n) is 6.01. The van der Waals surface area contributed by atoms with Gasteiger partial charge in [-0.15, -0.1) is 0 Å². The number of fused-ring (bicyclic) bond motifs is 1. The predicted octanol–water partition coefficient (Wildman–Crippen LogP) is 4.47. The number of halogens is 1. The smallest absolute Gasteiger partial charge is 0.310 e. The van der Waals surface area contributed by atoms with Crippen LogP contribution in [0.4, 0.5) is 4.39 Å². The number of nitrogens with zero attached hydrogens (tertiary/aromatic N) is 2. The zero-order chi connectivity index (χ0) is 24.2. The number of hydrogen-bond acceptors (Lipinski definition) is 6. The van der Waals surface area contributed by atoms with Crippen LogP contribution in [-0.4, -0.2) is 55.7 Å². The Morgan fingerprint density at radius 3 is 2.68 bits per heavy atom. The quantitative estimate of drug-likeness (QED) is 0.499. The van der Waals surface area contributed by atoms with E-state index >= 15 is 0 Å². The molecular formula is C26H27FN2O5. The van der Waals surface area contributed by atoms with Crippen LogP contribution in [0.5, 0.6) is 11.5 Å². The van der Waals surface area contributed by atoms with Crippen molar-refractivity contribution in [2.75, 3.05) is 33.9 Å². The second-order valence-electron chi connectivity index (χ2n) is 8.13. The van der Waals surface area contributed by atoms with Crippen LogP contribution in [0, 0.1) is 11.7 Å². The van der Waals surface area contributed by atoms with Crippen LogP contribution in [0.1, 0.15) is 30.1 Å². The average Bonchev–Trinajstić information content (AvgIpc) is 2.87. The molecule has 7 nitrogen and oxygen atoms in total. The van der Waals surface area contributed by atoms with Gasteiger partial charge in [-0.1, -0.05) is 0 Å². The zero-order valence-corrected chi connectivity index (χ0v) is 19.5. The van der Waals surface area contributed by atoms with Crippen molar-refractivity contribution in [3.8, 4) is 22.8 Å². The number of methoxy groups -OCH3 is 2. The lowest BCUT2D eigenvalue weighted by Crippen LogP contribution is -2.42. The molecule has 3 aromatic rings. The Balaban J connectivity index is 1.78. The number of benzene rings is 2. The molecule has 4 rings (SSSR count). The van der Waals surface area contributed by atoms with Gasteiger partial charge in [-0.05, 0) is 56.2 Å².